The molecule has 1 aromatic carbocycles. The molecule has 1 aliphatic rings. The van der Waals surface area contributed by atoms with Gasteiger partial charge in [0.1, 0.15) is 11.2 Å². The van der Waals surface area contributed by atoms with Crippen LogP contribution < -0.4 is 5.32 Å². The van der Waals surface area contributed by atoms with Gasteiger partial charge in [-0.25, -0.2) is 24.7 Å². The largest absolute Gasteiger partial charge is 0.475 e. The molecule has 0 spiro atoms. The van der Waals surface area contributed by atoms with E-state index in [4.69, 9.17) is 0 Å². The number of carboxylic acids is 1. The number of pyridine rings is 1. The van der Waals surface area contributed by atoms with Crippen LogP contribution in [0.4, 0.5) is 19.0 Å². The molecule has 1 saturated carbocycles. The highest BCUT2D eigenvalue weighted by Crippen LogP contribution is 2.34. The molecule has 8 nitrogen and oxygen atoms in total. The van der Waals surface area contributed by atoms with Gasteiger partial charge in [0.25, 0.3) is 0 Å². The minimum Gasteiger partial charge on any atom is -0.475 e. The van der Waals surface area contributed by atoms with Crippen LogP contribution in [0.15, 0.2) is 42.5 Å². The molecule has 4 aromatic rings. The number of aromatic nitrogens is 5. The maximum atomic E-state index is 13.1. The predicted octanol–water partition coefficient (Wildman–Crippen LogP) is 5.56. The second kappa shape index (κ2) is 9.45. The fourth-order valence-electron chi connectivity index (χ4n) is 4.50. The van der Waals surface area contributed by atoms with E-state index in [2.05, 4.69) is 25.3 Å². The average molecular weight is 511 g/mol. The summed E-state index contributed by atoms with van der Waals surface area (Å²) in [6.45, 7) is 4.02. The normalized spacial score (nSPS) is 14.9. The van der Waals surface area contributed by atoms with Crippen LogP contribution in [0, 0.1) is 12.8 Å². The molecule has 192 valence electrons. The Balaban J connectivity index is 1.68. The fraction of sp³-hybridized carbons (Fsp3) is 0.346. The zero-order valence-electron chi connectivity index (χ0n) is 20.3. The molecule has 0 saturated heterocycles. The number of aryl methyl sites for hydroxylation is 1. The van der Waals surface area contributed by atoms with Gasteiger partial charge in [-0.2, -0.15) is 13.2 Å². The van der Waals surface area contributed by atoms with Crippen LogP contribution >= 0.6 is 0 Å². The summed E-state index contributed by atoms with van der Waals surface area (Å²) in [4.78, 5) is 29.5. The van der Waals surface area contributed by atoms with Crippen molar-refractivity contribution < 1.29 is 23.1 Å². The number of carbonyl (C=O) groups is 1. The number of halogens is 3. The van der Waals surface area contributed by atoms with Crippen LogP contribution in [0.1, 0.15) is 53.6 Å². The lowest BCUT2D eigenvalue weighted by atomic mass is 9.80. The molecule has 1 fully saturated rings. The van der Waals surface area contributed by atoms with Crippen LogP contribution in [0.25, 0.3) is 22.7 Å². The van der Waals surface area contributed by atoms with E-state index in [9.17, 15) is 23.1 Å². The molecule has 3 aromatic heterocycles. The molecule has 5 rings (SSSR count). The first-order valence-electron chi connectivity index (χ1n) is 12.0. The number of carboxylic acid groups (broad SMARTS) is 1. The summed E-state index contributed by atoms with van der Waals surface area (Å²) in [7, 11) is 0. The van der Waals surface area contributed by atoms with Crippen LogP contribution in [-0.2, 0) is 12.7 Å². The third-order valence-electron chi connectivity index (χ3n) is 6.75. The number of rotatable bonds is 7. The maximum Gasteiger partial charge on any atom is 0.416 e. The first-order chi connectivity index (χ1) is 17.6. The molecule has 2 N–H and O–H groups in total. The fourth-order valence-corrected chi connectivity index (χ4v) is 4.50. The number of alkyl halides is 3. The van der Waals surface area contributed by atoms with E-state index in [1.54, 1.807) is 10.6 Å². The molecule has 11 heteroatoms. The number of nitrogens with one attached hydrogen (secondary N) is 1. The molecular formula is C26H25F3N6O2. The lowest BCUT2D eigenvalue weighted by Gasteiger charge is -2.32. The average Bonchev–Trinajstić information content (AvgIpc) is 3.16. The molecule has 1 unspecified atom stereocenters. The molecule has 1 atom stereocenters. The van der Waals surface area contributed by atoms with E-state index in [1.165, 1.54) is 12.1 Å². The Hall–Kier alpha value is -4.02. The summed E-state index contributed by atoms with van der Waals surface area (Å²) < 4.78 is 41.1. The van der Waals surface area contributed by atoms with Gasteiger partial charge in [-0.15, -0.1) is 0 Å². The van der Waals surface area contributed by atoms with Crippen LogP contribution in [0.3, 0.4) is 0 Å². The predicted molar refractivity (Wildman–Crippen MR) is 131 cm³/mol. The van der Waals surface area contributed by atoms with Gasteiger partial charge < -0.3 is 15.0 Å². The highest BCUT2D eigenvalue weighted by Gasteiger charge is 2.30. The molecule has 37 heavy (non-hydrogen) atoms. The van der Waals surface area contributed by atoms with Gasteiger partial charge >= 0.3 is 12.1 Å². The summed E-state index contributed by atoms with van der Waals surface area (Å²) in [6, 6.07) is 10.4. The Morgan fingerprint density at radius 1 is 1.11 bits per heavy atom. The summed E-state index contributed by atoms with van der Waals surface area (Å²) in [5.41, 5.74) is 1.77. The van der Waals surface area contributed by atoms with Crippen molar-refractivity contribution in [2.45, 2.75) is 51.9 Å². The Labute approximate surface area is 210 Å². The third-order valence-corrected chi connectivity index (χ3v) is 6.75. The van der Waals surface area contributed by atoms with Crippen molar-refractivity contribution >= 4 is 23.0 Å². The number of benzene rings is 1. The molecule has 3 heterocycles. The second-order valence-corrected chi connectivity index (χ2v) is 9.38. The van der Waals surface area contributed by atoms with Gasteiger partial charge in [0.05, 0.1) is 5.56 Å². The minimum absolute atomic E-state index is 0.0310. The number of hydrogen-bond donors (Lipinski definition) is 2. The number of fused-ring (bicyclic) bond motifs is 1. The van der Waals surface area contributed by atoms with Crippen molar-refractivity contribution in [3.63, 3.8) is 0 Å². The van der Waals surface area contributed by atoms with Crippen molar-refractivity contribution in [3.05, 3.63) is 65.1 Å². The summed E-state index contributed by atoms with van der Waals surface area (Å²) in [5.74, 6) is -0.509. The highest BCUT2D eigenvalue weighted by atomic mass is 19.4. The van der Waals surface area contributed by atoms with Crippen LogP contribution in [0.2, 0.25) is 0 Å². The van der Waals surface area contributed by atoms with Gasteiger partial charge in [-0.3, -0.25) is 0 Å². The number of aromatic carboxylic acids is 1. The van der Waals surface area contributed by atoms with Gasteiger partial charge in [0, 0.05) is 18.3 Å². The van der Waals surface area contributed by atoms with Crippen molar-refractivity contribution in [2.75, 3.05) is 5.32 Å². The van der Waals surface area contributed by atoms with Crippen molar-refractivity contribution in [1.29, 1.82) is 0 Å². The van der Waals surface area contributed by atoms with Crippen molar-refractivity contribution in [1.82, 2.24) is 24.5 Å². The van der Waals surface area contributed by atoms with Crippen molar-refractivity contribution in [2.24, 2.45) is 5.92 Å². The van der Waals surface area contributed by atoms with E-state index in [-0.39, 0.29) is 18.2 Å². The maximum absolute atomic E-state index is 13.1. The quantitative estimate of drug-likeness (QED) is 0.335. The summed E-state index contributed by atoms with van der Waals surface area (Å²) >= 11 is 0. The Morgan fingerprint density at radius 3 is 2.43 bits per heavy atom. The topological polar surface area (TPSA) is 106 Å². The zero-order chi connectivity index (χ0) is 26.3. The smallest absolute Gasteiger partial charge is 0.416 e. The highest BCUT2D eigenvalue weighted by molar-refractivity contribution is 5.92. The van der Waals surface area contributed by atoms with E-state index < -0.39 is 23.5 Å². The second-order valence-electron chi connectivity index (χ2n) is 9.38. The molecule has 0 aliphatic heterocycles. The first kappa shape index (κ1) is 24.7. The van der Waals surface area contributed by atoms with E-state index >= 15 is 0 Å². The standard InChI is InChI=1S/C26H25F3N6O2/c1-14-5-3-8-19(30-14)24-34-22-20(35(24)13-16-9-11-18(12-10-16)26(27,28)29)21(32-23(33-22)25(36)37)31-15(2)17-6-4-7-17/h3,5,8-12,15,17H,4,6-7,13H2,1-2H3,(H,36,37)(H,31,32,33). The van der Waals surface area contributed by atoms with Crippen LogP contribution in [-0.4, -0.2) is 41.6 Å². The molecule has 1 aliphatic carbocycles. The van der Waals surface area contributed by atoms with Gasteiger partial charge in [-0.05, 0) is 62.4 Å². The van der Waals surface area contributed by atoms with Gasteiger partial charge in [-0.1, -0.05) is 24.6 Å². The Kier molecular flexibility index (Phi) is 6.30. The van der Waals surface area contributed by atoms with Crippen LogP contribution in [0.5, 0.6) is 0 Å². The molecular weight excluding hydrogens is 485 g/mol. The SMILES string of the molecule is Cc1cccc(-c2nc3nc(C(=O)O)nc(NC(C)C4CCC4)c3n2Cc2ccc(C(F)(F)F)cc2)n1. The monoisotopic (exact) mass is 510 g/mol. The Morgan fingerprint density at radius 2 is 1.84 bits per heavy atom. The first-order valence-corrected chi connectivity index (χ1v) is 12.0. The minimum atomic E-state index is -4.44. The van der Waals surface area contributed by atoms with Gasteiger partial charge in [0.2, 0.25) is 5.82 Å². The van der Waals surface area contributed by atoms with E-state index in [0.29, 0.717) is 34.3 Å². The molecule has 0 amide bonds. The third kappa shape index (κ3) is 4.98. The number of anilines is 1. The summed E-state index contributed by atoms with van der Waals surface area (Å²) in [5, 5.41) is 13.0. The van der Waals surface area contributed by atoms with Gasteiger partial charge in [0.15, 0.2) is 17.3 Å². The van der Waals surface area contributed by atoms with E-state index in [1.807, 2.05) is 26.0 Å². The zero-order valence-corrected chi connectivity index (χ0v) is 20.3. The Bertz CT molecular complexity index is 1460. The van der Waals surface area contributed by atoms with Crippen molar-refractivity contribution in [3.8, 4) is 11.5 Å². The lowest BCUT2D eigenvalue weighted by molar-refractivity contribution is -0.137. The molecule has 0 bridgehead atoms. The van der Waals surface area contributed by atoms with E-state index in [0.717, 1.165) is 37.1 Å². The number of nitrogens with zero attached hydrogens (tertiary/aromatic N) is 5. The number of imidazole rings is 1. The molecule has 0 radical (unpaired) electrons. The summed E-state index contributed by atoms with van der Waals surface area (Å²) in [6.07, 6.45) is -1.16. The lowest BCUT2D eigenvalue weighted by Crippen LogP contribution is -2.31. The number of hydrogen-bond acceptors (Lipinski definition) is 6.